The summed E-state index contributed by atoms with van der Waals surface area (Å²) < 4.78 is 7.62. The summed E-state index contributed by atoms with van der Waals surface area (Å²) in [6, 6.07) is 3.96. The van der Waals surface area contributed by atoms with Crippen LogP contribution >= 0.6 is 43.2 Å². The van der Waals surface area contributed by atoms with Gasteiger partial charge in [0, 0.05) is 29.4 Å². The molecule has 4 saturated carbocycles. The third kappa shape index (κ3) is 7.78. The van der Waals surface area contributed by atoms with Crippen LogP contribution in [0.15, 0.2) is 49.1 Å². The van der Waals surface area contributed by atoms with Gasteiger partial charge in [0.1, 0.15) is 29.4 Å². The zero-order valence-corrected chi connectivity index (χ0v) is 28.3. The number of aromatic nitrogens is 1. The van der Waals surface area contributed by atoms with Crippen LogP contribution in [0.1, 0.15) is 54.6 Å². The Hall–Kier alpha value is -2.61. The van der Waals surface area contributed by atoms with Crippen molar-refractivity contribution in [1.29, 1.82) is 0 Å². The normalized spacial score (nSPS) is 24.5. The van der Waals surface area contributed by atoms with Crippen molar-refractivity contribution >= 4 is 72.9 Å². The van der Waals surface area contributed by atoms with Crippen LogP contribution in [0.3, 0.4) is 0 Å². The van der Waals surface area contributed by atoms with E-state index in [4.69, 9.17) is 4.74 Å². The number of rotatable bonds is 13. The van der Waals surface area contributed by atoms with Gasteiger partial charge in [-0.25, -0.2) is 0 Å². The Morgan fingerprint density at radius 1 is 1.14 bits per heavy atom. The number of amides is 3. The molecule has 6 rings (SSSR count). The van der Waals surface area contributed by atoms with E-state index in [0.29, 0.717) is 39.5 Å². The SMILES string of the molecule is COC/C(C=O)=C/CC[C@H](NC(=O)c1sc(Br)cc1Br)C(=O)Nc1cccn(CC(=O)NC2C3CC4CC(C3)CC2C4)c1=O. The van der Waals surface area contributed by atoms with Gasteiger partial charge in [-0.05, 0) is 119 Å². The Bertz CT molecular complexity index is 1480. The van der Waals surface area contributed by atoms with E-state index >= 15 is 0 Å². The van der Waals surface area contributed by atoms with E-state index < -0.39 is 23.4 Å². The molecule has 0 spiro atoms. The van der Waals surface area contributed by atoms with Gasteiger partial charge in [0.25, 0.3) is 11.5 Å². The first-order valence-electron chi connectivity index (χ1n) is 14.8. The van der Waals surface area contributed by atoms with Crippen LogP contribution in [0.2, 0.25) is 0 Å². The summed E-state index contributed by atoms with van der Waals surface area (Å²) in [5, 5.41) is 8.63. The number of nitrogens with one attached hydrogen (secondary N) is 3. The van der Waals surface area contributed by atoms with Gasteiger partial charge >= 0.3 is 0 Å². The predicted molar refractivity (Wildman–Crippen MR) is 175 cm³/mol. The highest BCUT2D eigenvalue weighted by Crippen LogP contribution is 2.53. The van der Waals surface area contributed by atoms with Gasteiger partial charge in [-0.2, -0.15) is 0 Å². The monoisotopic (exact) mass is 750 g/mol. The molecular formula is C31H36Br2N4O6S. The number of hydrogen-bond donors (Lipinski definition) is 3. The molecule has 4 fully saturated rings. The molecule has 3 amide bonds. The quantitative estimate of drug-likeness (QED) is 0.201. The molecule has 1 atom stereocenters. The number of pyridine rings is 1. The first kappa shape index (κ1) is 32.8. The molecule has 0 saturated heterocycles. The number of carbonyl (C=O) groups excluding carboxylic acids is 4. The van der Waals surface area contributed by atoms with Gasteiger partial charge in [0.05, 0.1) is 10.4 Å². The van der Waals surface area contributed by atoms with Crippen molar-refractivity contribution < 1.29 is 23.9 Å². The predicted octanol–water partition coefficient (Wildman–Crippen LogP) is 4.66. The molecule has 4 bridgehead atoms. The lowest BCUT2D eigenvalue weighted by Gasteiger charge is -2.54. The third-order valence-electron chi connectivity index (χ3n) is 8.96. The van der Waals surface area contributed by atoms with E-state index in [1.54, 1.807) is 18.2 Å². The summed E-state index contributed by atoms with van der Waals surface area (Å²) in [7, 11) is 1.48. The number of aldehydes is 1. The van der Waals surface area contributed by atoms with Crippen molar-refractivity contribution in [1.82, 2.24) is 15.2 Å². The topological polar surface area (TPSA) is 136 Å². The van der Waals surface area contributed by atoms with E-state index in [1.165, 1.54) is 67.4 Å². The maximum absolute atomic E-state index is 13.4. The zero-order valence-electron chi connectivity index (χ0n) is 24.4. The van der Waals surface area contributed by atoms with Crippen molar-refractivity contribution in [2.45, 2.75) is 63.6 Å². The maximum atomic E-state index is 13.4. The minimum absolute atomic E-state index is 0.00252. The highest BCUT2D eigenvalue weighted by molar-refractivity contribution is 9.11. The number of ether oxygens (including phenoxy) is 1. The zero-order chi connectivity index (χ0) is 31.4. The average molecular weight is 753 g/mol. The molecule has 0 radical (unpaired) electrons. The van der Waals surface area contributed by atoms with Crippen LogP contribution in [0.5, 0.6) is 0 Å². The highest BCUT2D eigenvalue weighted by atomic mass is 79.9. The molecule has 10 nitrogen and oxygen atoms in total. The number of anilines is 1. The van der Waals surface area contributed by atoms with E-state index in [-0.39, 0.29) is 37.2 Å². The van der Waals surface area contributed by atoms with Crippen LogP contribution in [-0.4, -0.2) is 54.4 Å². The van der Waals surface area contributed by atoms with Gasteiger partial charge < -0.3 is 25.3 Å². The second kappa shape index (κ2) is 14.7. The van der Waals surface area contributed by atoms with Crippen LogP contribution < -0.4 is 21.5 Å². The van der Waals surface area contributed by atoms with Gasteiger partial charge in [0.15, 0.2) is 0 Å². The molecule has 0 unspecified atom stereocenters. The Morgan fingerprint density at radius 2 is 1.84 bits per heavy atom. The summed E-state index contributed by atoms with van der Waals surface area (Å²) in [6.07, 6.45) is 10.4. The van der Waals surface area contributed by atoms with Crippen molar-refractivity contribution in [2.24, 2.45) is 23.7 Å². The number of thiophene rings is 1. The number of halogens is 2. The fourth-order valence-electron chi connectivity index (χ4n) is 7.25. The molecule has 4 aliphatic carbocycles. The summed E-state index contributed by atoms with van der Waals surface area (Å²) in [5.41, 5.74) is -0.0946. The summed E-state index contributed by atoms with van der Waals surface area (Å²) in [4.78, 5) is 64.6. The maximum Gasteiger partial charge on any atom is 0.274 e. The minimum atomic E-state index is -1.02. The van der Waals surface area contributed by atoms with E-state index in [0.717, 1.165) is 15.6 Å². The summed E-state index contributed by atoms with van der Waals surface area (Å²) in [6.45, 7) is -0.0192. The van der Waals surface area contributed by atoms with Gasteiger partial charge in [-0.15, -0.1) is 11.3 Å². The Labute approximate surface area is 276 Å². The van der Waals surface area contributed by atoms with Crippen LogP contribution in [-0.2, 0) is 25.7 Å². The van der Waals surface area contributed by atoms with Gasteiger partial charge in [-0.1, -0.05) is 6.08 Å². The second-order valence-electron chi connectivity index (χ2n) is 12.0. The van der Waals surface area contributed by atoms with E-state index in [1.807, 2.05) is 0 Å². The largest absolute Gasteiger partial charge is 0.380 e. The van der Waals surface area contributed by atoms with Crippen molar-refractivity contribution in [3.8, 4) is 0 Å². The van der Waals surface area contributed by atoms with Gasteiger partial charge in [-0.3, -0.25) is 24.0 Å². The molecule has 236 valence electrons. The Morgan fingerprint density at radius 3 is 2.45 bits per heavy atom. The van der Waals surface area contributed by atoms with E-state index in [9.17, 15) is 24.0 Å². The molecule has 2 heterocycles. The molecular weight excluding hydrogens is 716 g/mol. The lowest BCUT2D eigenvalue weighted by molar-refractivity contribution is -0.125. The van der Waals surface area contributed by atoms with Crippen LogP contribution in [0.4, 0.5) is 5.69 Å². The first-order valence-corrected chi connectivity index (χ1v) is 17.2. The van der Waals surface area contributed by atoms with Crippen LogP contribution in [0.25, 0.3) is 0 Å². The fraction of sp³-hybridized carbons (Fsp3) is 0.516. The summed E-state index contributed by atoms with van der Waals surface area (Å²) >= 11 is 7.93. The number of methoxy groups -OCH3 is 1. The van der Waals surface area contributed by atoms with Crippen molar-refractivity contribution in [3.63, 3.8) is 0 Å². The average Bonchev–Trinajstić information content (AvgIpc) is 3.33. The van der Waals surface area contributed by atoms with Crippen molar-refractivity contribution in [3.05, 3.63) is 59.5 Å². The summed E-state index contributed by atoms with van der Waals surface area (Å²) in [5.74, 6) is 1.37. The third-order valence-corrected chi connectivity index (χ3v) is 11.5. The molecule has 3 N–H and O–H groups in total. The number of hydrogen-bond acceptors (Lipinski definition) is 7. The standard InChI is InChI=1S/C31H36Br2N4O6S/c1-43-16-17(15-38)4-2-5-23(34-30(41)28-22(32)13-25(33)44-28)29(40)35-24-6-3-7-37(31(24)42)14-26(39)36-27-20-9-18-8-19(11-20)12-21(27)10-18/h3-4,6-7,13,15,18-21,23,27H,2,5,8-12,14,16H2,1H3,(H,34,41)(H,35,40)(H,36,39)/b17-4+/t18?,19?,20?,21?,23-,27?/m0/s1. The number of nitrogens with zero attached hydrogens (tertiary/aromatic N) is 1. The molecule has 0 aliphatic heterocycles. The molecule has 13 heteroatoms. The lowest BCUT2D eigenvalue weighted by Crippen LogP contribution is -2.56. The second-order valence-corrected chi connectivity index (χ2v) is 15.3. The molecule has 4 aliphatic rings. The van der Waals surface area contributed by atoms with Crippen molar-refractivity contribution in [2.75, 3.05) is 19.0 Å². The van der Waals surface area contributed by atoms with E-state index in [2.05, 4.69) is 47.8 Å². The molecule has 2 aromatic heterocycles. The lowest BCUT2D eigenvalue weighted by atomic mass is 9.54. The minimum Gasteiger partial charge on any atom is -0.380 e. The smallest absolute Gasteiger partial charge is 0.274 e. The highest BCUT2D eigenvalue weighted by Gasteiger charge is 2.48. The number of carbonyl (C=O) groups is 4. The molecule has 2 aromatic rings. The first-order chi connectivity index (χ1) is 21.1. The molecule has 44 heavy (non-hydrogen) atoms. The fourth-order valence-corrected chi connectivity index (χ4v) is 9.76. The Kier molecular flexibility index (Phi) is 10.9. The van der Waals surface area contributed by atoms with Gasteiger partial charge in [0.2, 0.25) is 11.8 Å². The molecule has 0 aromatic carbocycles. The Balaban J connectivity index is 1.25. The number of allylic oxidation sites excluding steroid dienone is 1. The van der Waals surface area contributed by atoms with Crippen LogP contribution in [0, 0.1) is 23.7 Å².